The number of carbonyl (C=O) groups excluding carboxylic acids is 1. The molecule has 1 N–H and O–H groups in total. The summed E-state index contributed by atoms with van der Waals surface area (Å²) in [7, 11) is 1.88. The topological polar surface area (TPSA) is 38.3 Å². The van der Waals surface area contributed by atoms with Crippen molar-refractivity contribution >= 4 is 5.97 Å². The molecule has 3 nitrogen and oxygen atoms in total. The number of ether oxygens (including phenoxy) is 1. The number of hydrogen-bond donors (Lipinski definition) is 1. The van der Waals surface area contributed by atoms with Gasteiger partial charge in [-0.15, -0.1) is 0 Å². The fourth-order valence-electron chi connectivity index (χ4n) is 1.02. The third-order valence-corrected chi connectivity index (χ3v) is 1.86. The van der Waals surface area contributed by atoms with Gasteiger partial charge in [0.05, 0.1) is 6.61 Å². The van der Waals surface area contributed by atoms with Gasteiger partial charge in [-0.3, -0.25) is 0 Å². The van der Waals surface area contributed by atoms with Gasteiger partial charge in [0, 0.05) is 11.6 Å². The summed E-state index contributed by atoms with van der Waals surface area (Å²) >= 11 is 0. The third-order valence-electron chi connectivity index (χ3n) is 1.86. The van der Waals surface area contributed by atoms with Crippen LogP contribution in [0.1, 0.15) is 27.2 Å². The third kappa shape index (κ3) is 4.68. The molecule has 0 aromatic heterocycles. The zero-order valence-corrected chi connectivity index (χ0v) is 8.89. The van der Waals surface area contributed by atoms with Crippen LogP contribution in [0.25, 0.3) is 0 Å². The monoisotopic (exact) mass is 185 g/mol. The second-order valence-electron chi connectivity index (χ2n) is 2.87. The minimum atomic E-state index is -0.226. The Balaban J connectivity index is 4.20. The normalized spacial score (nSPS) is 14.0. The van der Waals surface area contributed by atoms with Gasteiger partial charge in [0.1, 0.15) is 0 Å². The standard InChI is InChI=1S/C10H19NO2/c1-5-9(11-4)7-8(3)10(12)13-6-2/h7,9,11H,5-6H2,1-4H3. The molecule has 0 radical (unpaired) electrons. The van der Waals surface area contributed by atoms with Crippen LogP contribution >= 0.6 is 0 Å². The summed E-state index contributed by atoms with van der Waals surface area (Å²) in [4.78, 5) is 11.2. The first-order valence-corrected chi connectivity index (χ1v) is 4.68. The Hall–Kier alpha value is -0.830. The van der Waals surface area contributed by atoms with E-state index in [2.05, 4.69) is 12.2 Å². The highest BCUT2D eigenvalue weighted by Gasteiger charge is 2.06. The molecule has 0 saturated carbocycles. The van der Waals surface area contributed by atoms with E-state index in [1.165, 1.54) is 0 Å². The maximum absolute atomic E-state index is 11.2. The van der Waals surface area contributed by atoms with Crippen molar-refractivity contribution in [3.05, 3.63) is 11.6 Å². The van der Waals surface area contributed by atoms with Gasteiger partial charge in [-0.25, -0.2) is 4.79 Å². The van der Waals surface area contributed by atoms with Crippen molar-refractivity contribution in [3.8, 4) is 0 Å². The lowest BCUT2D eigenvalue weighted by molar-refractivity contribution is -0.138. The van der Waals surface area contributed by atoms with Crippen molar-refractivity contribution in [2.45, 2.75) is 33.2 Å². The summed E-state index contributed by atoms with van der Waals surface area (Å²) < 4.78 is 4.86. The van der Waals surface area contributed by atoms with E-state index in [-0.39, 0.29) is 12.0 Å². The van der Waals surface area contributed by atoms with E-state index in [1.807, 2.05) is 13.1 Å². The van der Waals surface area contributed by atoms with Crippen molar-refractivity contribution in [2.24, 2.45) is 0 Å². The average molecular weight is 185 g/mol. The molecule has 0 heterocycles. The van der Waals surface area contributed by atoms with E-state index < -0.39 is 0 Å². The van der Waals surface area contributed by atoms with Crippen LogP contribution in [0.4, 0.5) is 0 Å². The Bertz CT molecular complexity index is 183. The van der Waals surface area contributed by atoms with Crippen LogP contribution in [0, 0.1) is 0 Å². The number of nitrogens with one attached hydrogen (secondary N) is 1. The molecule has 1 atom stereocenters. The molecule has 0 fully saturated rings. The zero-order chi connectivity index (χ0) is 10.3. The van der Waals surface area contributed by atoms with Gasteiger partial charge in [0.15, 0.2) is 0 Å². The highest BCUT2D eigenvalue weighted by atomic mass is 16.5. The van der Waals surface area contributed by atoms with Gasteiger partial charge in [-0.2, -0.15) is 0 Å². The minimum Gasteiger partial charge on any atom is -0.463 e. The predicted octanol–water partition coefficient (Wildman–Crippen LogP) is 1.49. The molecule has 0 rings (SSSR count). The first-order chi connectivity index (χ1) is 6.15. The lowest BCUT2D eigenvalue weighted by Gasteiger charge is -2.09. The Morgan fingerprint density at radius 3 is 2.54 bits per heavy atom. The summed E-state index contributed by atoms with van der Waals surface area (Å²) in [6, 6.07) is 0.254. The summed E-state index contributed by atoms with van der Waals surface area (Å²) in [5.74, 6) is -0.226. The maximum Gasteiger partial charge on any atom is 0.333 e. The molecule has 0 spiro atoms. The second-order valence-corrected chi connectivity index (χ2v) is 2.87. The van der Waals surface area contributed by atoms with Crippen molar-refractivity contribution in [3.63, 3.8) is 0 Å². The van der Waals surface area contributed by atoms with Gasteiger partial charge in [0.25, 0.3) is 0 Å². The van der Waals surface area contributed by atoms with Gasteiger partial charge in [-0.05, 0) is 27.3 Å². The SMILES string of the molecule is CCOC(=O)C(C)=CC(CC)NC. The van der Waals surface area contributed by atoms with Crippen molar-refractivity contribution in [1.29, 1.82) is 0 Å². The van der Waals surface area contributed by atoms with E-state index in [4.69, 9.17) is 4.74 Å². The highest BCUT2D eigenvalue weighted by Crippen LogP contribution is 2.01. The number of esters is 1. The van der Waals surface area contributed by atoms with E-state index in [1.54, 1.807) is 13.8 Å². The summed E-state index contributed by atoms with van der Waals surface area (Å²) in [6.45, 7) is 6.08. The number of carbonyl (C=O) groups is 1. The molecule has 1 unspecified atom stereocenters. The van der Waals surface area contributed by atoms with Crippen LogP contribution in [0.2, 0.25) is 0 Å². The summed E-state index contributed by atoms with van der Waals surface area (Å²) in [5.41, 5.74) is 0.669. The molecule has 0 aliphatic heterocycles. The van der Waals surface area contributed by atoms with Gasteiger partial charge < -0.3 is 10.1 Å². The van der Waals surface area contributed by atoms with Crippen LogP contribution in [0.5, 0.6) is 0 Å². The van der Waals surface area contributed by atoms with Crippen LogP contribution in [0.15, 0.2) is 11.6 Å². The smallest absolute Gasteiger partial charge is 0.333 e. The van der Waals surface area contributed by atoms with Crippen LogP contribution in [-0.4, -0.2) is 25.7 Å². The maximum atomic E-state index is 11.2. The molecule has 0 aliphatic rings. The minimum absolute atomic E-state index is 0.226. The molecular weight excluding hydrogens is 166 g/mol. The van der Waals surface area contributed by atoms with Gasteiger partial charge in [-0.1, -0.05) is 13.0 Å². The molecule has 0 bridgehead atoms. The molecule has 0 aromatic rings. The highest BCUT2D eigenvalue weighted by molar-refractivity contribution is 5.87. The first kappa shape index (κ1) is 12.2. The molecule has 76 valence electrons. The average Bonchev–Trinajstić information content (AvgIpc) is 2.14. The van der Waals surface area contributed by atoms with Crippen molar-refractivity contribution in [1.82, 2.24) is 5.32 Å². The molecular formula is C10H19NO2. The van der Waals surface area contributed by atoms with E-state index >= 15 is 0 Å². The lowest BCUT2D eigenvalue weighted by atomic mass is 10.1. The number of rotatable bonds is 5. The summed E-state index contributed by atoms with van der Waals surface area (Å²) in [5, 5.41) is 3.10. The Morgan fingerprint density at radius 2 is 2.15 bits per heavy atom. The largest absolute Gasteiger partial charge is 0.463 e. The van der Waals surface area contributed by atoms with E-state index in [0.717, 1.165) is 6.42 Å². The zero-order valence-electron chi connectivity index (χ0n) is 8.89. The Morgan fingerprint density at radius 1 is 1.54 bits per heavy atom. The van der Waals surface area contributed by atoms with Gasteiger partial charge in [0.2, 0.25) is 0 Å². The Labute approximate surface area is 80.2 Å². The van der Waals surface area contributed by atoms with Crippen LogP contribution in [0.3, 0.4) is 0 Å². The van der Waals surface area contributed by atoms with Crippen LogP contribution < -0.4 is 5.32 Å². The summed E-state index contributed by atoms with van der Waals surface area (Å²) in [6.07, 6.45) is 2.87. The fourth-order valence-corrected chi connectivity index (χ4v) is 1.02. The molecule has 0 aromatic carbocycles. The molecule has 0 saturated heterocycles. The van der Waals surface area contributed by atoms with Crippen LogP contribution in [-0.2, 0) is 9.53 Å². The van der Waals surface area contributed by atoms with Crippen molar-refractivity contribution < 1.29 is 9.53 Å². The molecule has 0 amide bonds. The molecule has 0 aliphatic carbocycles. The van der Waals surface area contributed by atoms with Crippen molar-refractivity contribution in [2.75, 3.05) is 13.7 Å². The first-order valence-electron chi connectivity index (χ1n) is 4.68. The predicted molar refractivity (Wildman–Crippen MR) is 53.5 cm³/mol. The Kier molecular flexibility index (Phi) is 6.24. The fraction of sp³-hybridized carbons (Fsp3) is 0.700. The lowest BCUT2D eigenvalue weighted by Crippen LogP contribution is -2.23. The molecule has 3 heteroatoms. The quantitative estimate of drug-likeness (QED) is 0.521. The second kappa shape index (κ2) is 6.66. The number of hydrogen-bond acceptors (Lipinski definition) is 3. The van der Waals surface area contributed by atoms with E-state index in [9.17, 15) is 4.79 Å². The van der Waals surface area contributed by atoms with E-state index in [0.29, 0.717) is 12.2 Å². The molecule has 13 heavy (non-hydrogen) atoms. The van der Waals surface area contributed by atoms with Gasteiger partial charge >= 0.3 is 5.97 Å². The number of likely N-dealkylation sites (N-methyl/N-ethyl adjacent to an activating group) is 1.